The number of carbonyl (C=O) groups excluding carboxylic acids is 2. The van der Waals surface area contributed by atoms with Crippen LogP contribution in [-0.4, -0.2) is 47.6 Å². The van der Waals surface area contributed by atoms with Gasteiger partial charge < -0.3 is 20.1 Å². The number of aliphatic hydroxyl groups is 1. The van der Waals surface area contributed by atoms with E-state index in [0.717, 1.165) is 11.1 Å². The largest absolute Gasteiger partial charge is 0.391 e. The van der Waals surface area contributed by atoms with Gasteiger partial charge in [0.2, 0.25) is 11.8 Å². The fourth-order valence-electron chi connectivity index (χ4n) is 2.74. The molecule has 1 saturated heterocycles. The van der Waals surface area contributed by atoms with Crippen molar-refractivity contribution in [2.75, 3.05) is 13.7 Å². The van der Waals surface area contributed by atoms with Crippen LogP contribution in [0.25, 0.3) is 0 Å². The van der Waals surface area contributed by atoms with Crippen molar-refractivity contribution in [3.63, 3.8) is 0 Å². The third kappa shape index (κ3) is 3.84. The molecule has 1 heterocycles. The van der Waals surface area contributed by atoms with Crippen LogP contribution in [0.1, 0.15) is 24.5 Å². The van der Waals surface area contributed by atoms with Crippen LogP contribution in [0.5, 0.6) is 0 Å². The first kappa shape index (κ1) is 16.5. The Hall–Kier alpha value is -1.92. The summed E-state index contributed by atoms with van der Waals surface area (Å²) >= 11 is 0. The number of nitrogens with one attached hydrogen (secondary N) is 1. The number of nitrogens with zero attached hydrogens (tertiary/aromatic N) is 1. The molecule has 0 spiro atoms. The summed E-state index contributed by atoms with van der Waals surface area (Å²) in [5.41, 5.74) is 1.99. The minimum absolute atomic E-state index is 0.198. The normalized spacial score (nSPS) is 21.0. The zero-order valence-electron chi connectivity index (χ0n) is 12.9. The maximum absolute atomic E-state index is 12.3. The van der Waals surface area contributed by atoms with Gasteiger partial charge in [-0.05, 0) is 11.1 Å². The second-order valence-electron chi connectivity index (χ2n) is 5.50. The van der Waals surface area contributed by atoms with E-state index >= 15 is 0 Å². The number of rotatable bonds is 5. The zero-order valence-corrected chi connectivity index (χ0v) is 12.9. The Bertz CT molecular complexity index is 547. The smallest absolute Gasteiger partial charge is 0.243 e. The number of aliphatic hydroxyl groups excluding tert-OH is 1. The molecule has 0 aromatic heterocycles. The number of amides is 2. The number of carbonyl (C=O) groups is 2. The summed E-state index contributed by atoms with van der Waals surface area (Å²) in [4.78, 5) is 25.3. The van der Waals surface area contributed by atoms with E-state index in [1.165, 1.54) is 11.8 Å². The Kier molecular flexibility index (Phi) is 5.51. The Morgan fingerprint density at radius 2 is 2.05 bits per heavy atom. The van der Waals surface area contributed by atoms with E-state index in [0.29, 0.717) is 13.2 Å². The van der Waals surface area contributed by atoms with Gasteiger partial charge in [0.15, 0.2) is 0 Å². The van der Waals surface area contributed by atoms with E-state index in [4.69, 9.17) is 4.74 Å². The molecule has 1 aliphatic rings. The van der Waals surface area contributed by atoms with Gasteiger partial charge in [-0.1, -0.05) is 24.3 Å². The molecule has 22 heavy (non-hydrogen) atoms. The maximum Gasteiger partial charge on any atom is 0.243 e. The van der Waals surface area contributed by atoms with Gasteiger partial charge in [-0.3, -0.25) is 9.59 Å². The summed E-state index contributed by atoms with van der Waals surface area (Å²) in [6.07, 6.45) is -0.356. The monoisotopic (exact) mass is 306 g/mol. The molecule has 6 nitrogen and oxygen atoms in total. The molecule has 0 radical (unpaired) electrons. The van der Waals surface area contributed by atoms with E-state index < -0.39 is 12.1 Å². The molecule has 0 aliphatic carbocycles. The Morgan fingerprint density at radius 3 is 2.68 bits per heavy atom. The molecule has 2 N–H and O–H groups in total. The van der Waals surface area contributed by atoms with Crippen LogP contribution in [0.2, 0.25) is 0 Å². The summed E-state index contributed by atoms with van der Waals surface area (Å²) in [6, 6.07) is 7.11. The van der Waals surface area contributed by atoms with E-state index in [1.807, 2.05) is 24.3 Å². The molecule has 1 fully saturated rings. The van der Waals surface area contributed by atoms with E-state index in [2.05, 4.69) is 5.32 Å². The number of hydrogen-bond acceptors (Lipinski definition) is 4. The summed E-state index contributed by atoms with van der Waals surface area (Å²) in [5.74, 6) is -0.435. The zero-order chi connectivity index (χ0) is 16.1. The molecule has 2 amide bonds. The molecule has 120 valence electrons. The van der Waals surface area contributed by atoms with E-state index in [1.54, 1.807) is 7.11 Å². The Labute approximate surface area is 130 Å². The lowest BCUT2D eigenvalue weighted by Gasteiger charge is -2.22. The third-order valence-electron chi connectivity index (χ3n) is 3.86. The van der Waals surface area contributed by atoms with Crippen LogP contribution < -0.4 is 5.32 Å². The van der Waals surface area contributed by atoms with Crippen LogP contribution in [0.4, 0.5) is 0 Å². The van der Waals surface area contributed by atoms with Crippen LogP contribution >= 0.6 is 0 Å². The highest BCUT2D eigenvalue weighted by Gasteiger charge is 2.37. The standard InChI is InChI=1S/C16H22N2O4/c1-11(19)18-9-14(20)7-15(18)16(21)17-8-12-5-3-4-6-13(12)10-22-2/h3-6,14-15,20H,7-10H2,1-2H3,(H,17,21)/t14-,15-/m1/s1. The van der Waals surface area contributed by atoms with Crippen LogP contribution in [0, 0.1) is 0 Å². The van der Waals surface area contributed by atoms with Gasteiger partial charge in [0.05, 0.1) is 12.7 Å². The van der Waals surface area contributed by atoms with E-state index in [-0.39, 0.29) is 24.8 Å². The lowest BCUT2D eigenvalue weighted by molar-refractivity contribution is -0.137. The van der Waals surface area contributed by atoms with Gasteiger partial charge in [-0.15, -0.1) is 0 Å². The fraction of sp³-hybridized carbons (Fsp3) is 0.500. The molecule has 0 unspecified atom stereocenters. The average molecular weight is 306 g/mol. The number of likely N-dealkylation sites (tertiary alicyclic amines) is 1. The summed E-state index contributed by atoms with van der Waals surface area (Å²) in [7, 11) is 1.63. The predicted octanol–water partition coefficient (Wildman–Crippen LogP) is 0.431. The Morgan fingerprint density at radius 1 is 1.36 bits per heavy atom. The molecule has 1 aromatic rings. The number of ether oxygens (including phenoxy) is 1. The molecule has 0 bridgehead atoms. The van der Waals surface area contributed by atoms with Crippen molar-refractivity contribution in [2.24, 2.45) is 0 Å². The number of methoxy groups -OCH3 is 1. The van der Waals surface area contributed by atoms with E-state index in [9.17, 15) is 14.7 Å². The molecular formula is C16H22N2O4. The minimum Gasteiger partial charge on any atom is -0.391 e. The molecule has 1 aromatic carbocycles. The minimum atomic E-state index is -0.638. The van der Waals surface area contributed by atoms with Crippen LogP contribution in [0.3, 0.4) is 0 Å². The summed E-state index contributed by atoms with van der Waals surface area (Å²) in [5, 5.41) is 12.5. The maximum atomic E-state index is 12.3. The van der Waals surface area contributed by atoms with Gasteiger partial charge >= 0.3 is 0 Å². The van der Waals surface area contributed by atoms with Crippen LogP contribution in [0.15, 0.2) is 24.3 Å². The number of benzene rings is 1. The number of β-amino-alcohol motifs (C(OH)–C–C–N with tert-alkyl or cyclic N) is 1. The SMILES string of the molecule is COCc1ccccc1CNC(=O)[C@H]1C[C@@H](O)CN1C(C)=O. The van der Waals surface area contributed by atoms with Crippen molar-refractivity contribution >= 4 is 11.8 Å². The van der Waals surface area contributed by atoms with Gasteiger partial charge in [0.25, 0.3) is 0 Å². The molecule has 6 heteroatoms. The van der Waals surface area contributed by atoms with Gasteiger partial charge in [0, 0.05) is 33.5 Å². The van der Waals surface area contributed by atoms with Gasteiger partial charge in [-0.25, -0.2) is 0 Å². The lowest BCUT2D eigenvalue weighted by atomic mass is 10.1. The van der Waals surface area contributed by atoms with Crippen LogP contribution in [-0.2, 0) is 27.5 Å². The quantitative estimate of drug-likeness (QED) is 0.827. The van der Waals surface area contributed by atoms with Crippen molar-refractivity contribution < 1.29 is 19.4 Å². The van der Waals surface area contributed by atoms with Crippen molar-refractivity contribution in [2.45, 2.75) is 38.6 Å². The first-order chi connectivity index (χ1) is 10.5. The first-order valence-electron chi connectivity index (χ1n) is 7.31. The summed E-state index contributed by atoms with van der Waals surface area (Å²) < 4.78 is 5.14. The Balaban J connectivity index is 1.99. The highest BCUT2D eigenvalue weighted by molar-refractivity contribution is 5.87. The second kappa shape index (κ2) is 7.38. The average Bonchev–Trinajstić information content (AvgIpc) is 2.89. The molecule has 2 rings (SSSR count). The fourth-order valence-corrected chi connectivity index (χ4v) is 2.74. The highest BCUT2D eigenvalue weighted by atomic mass is 16.5. The molecule has 1 aliphatic heterocycles. The summed E-state index contributed by atoms with van der Waals surface area (Å²) in [6.45, 7) is 2.48. The topological polar surface area (TPSA) is 78.9 Å². The first-order valence-corrected chi connectivity index (χ1v) is 7.31. The molecular weight excluding hydrogens is 284 g/mol. The van der Waals surface area contributed by atoms with Gasteiger partial charge in [0.1, 0.15) is 6.04 Å². The van der Waals surface area contributed by atoms with Crippen molar-refractivity contribution in [3.8, 4) is 0 Å². The van der Waals surface area contributed by atoms with Gasteiger partial charge in [-0.2, -0.15) is 0 Å². The molecule has 0 saturated carbocycles. The predicted molar refractivity (Wildman–Crippen MR) is 80.8 cm³/mol. The van der Waals surface area contributed by atoms with Crippen molar-refractivity contribution in [1.82, 2.24) is 10.2 Å². The molecule has 2 atom stereocenters. The second-order valence-corrected chi connectivity index (χ2v) is 5.50. The lowest BCUT2D eigenvalue weighted by Crippen LogP contribution is -2.45. The third-order valence-corrected chi connectivity index (χ3v) is 3.86. The van der Waals surface area contributed by atoms with Crippen molar-refractivity contribution in [3.05, 3.63) is 35.4 Å². The number of hydrogen-bond donors (Lipinski definition) is 2. The van der Waals surface area contributed by atoms with Crippen molar-refractivity contribution in [1.29, 1.82) is 0 Å². The highest BCUT2D eigenvalue weighted by Crippen LogP contribution is 2.18.